The molecular weight excluding hydrogens is 286 g/mol. The summed E-state index contributed by atoms with van der Waals surface area (Å²) in [4.78, 5) is 28.4. The SMILES string of the molecule is Cc1ccc(OCC(=O)N2[C@@H](C)CCC[C@@H]2C)c([N+](=O)[O-])n1. The molecule has 1 aromatic heterocycles. The molecule has 0 spiro atoms. The summed E-state index contributed by atoms with van der Waals surface area (Å²) < 4.78 is 5.37. The summed E-state index contributed by atoms with van der Waals surface area (Å²) in [7, 11) is 0. The van der Waals surface area contributed by atoms with E-state index in [-0.39, 0.29) is 36.2 Å². The molecule has 22 heavy (non-hydrogen) atoms. The average Bonchev–Trinajstić information content (AvgIpc) is 2.45. The number of carbonyl (C=O) groups is 1. The molecule has 1 saturated heterocycles. The topological polar surface area (TPSA) is 85.6 Å². The van der Waals surface area contributed by atoms with Crippen molar-refractivity contribution in [3.05, 3.63) is 27.9 Å². The molecule has 2 atom stereocenters. The predicted molar refractivity (Wildman–Crippen MR) is 80.7 cm³/mol. The Balaban J connectivity index is 2.06. The Morgan fingerprint density at radius 3 is 2.64 bits per heavy atom. The number of ether oxygens (including phenoxy) is 1. The number of rotatable bonds is 4. The van der Waals surface area contributed by atoms with Crippen molar-refractivity contribution in [3.8, 4) is 5.75 Å². The lowest BCUT2D eigenvalue weighted by molar-refractivity contribution is -0.390. The van der Waals surface area contributed by atoms with Gasteiger partial charge in [0.15, 0.2) is 6.61 Å². The number of hydrogen-bond acceptors (Lipinski definition) is 5. The summed E-state index contributed by atoms with van der Waals surface area (Å²) >= 11 is 0. The number of nitrogens with zero attached hydrogens (tertiary/aromatic N) is 3. The van der Waals surface area contributed by atoms with Crippen LogP contribution in [0.3, 0.4) is 0 Å². The molecule has 2 heterocycles. The van der Waals surface area contributed by atoms with E-state index >= 15 is 0 Å². The van der Waals surface area contributed by atoms with Gasteiger partial charge in [0.25, 0.3) is 5.91 Å². The number of aromatic nitrogens is 1. The van der Waals surface area contributed by atoms with Gasteiger partial charge in [-0.1, -0.05) is 0 Å². The molecule has 1 fully saturated rings. The van der Waals surface area contributed by atoms with E-state index in [1.54, 1.807) is 13.0 Å². The maximum absolute atomic E-state index is 12.4. The van der Waals surface area contributed by atoms with Gasteiger partial charge in [-0.25, -0.2) is 0 Å². The Morgan fingerprint density at radius 1 is 1.41 bits per heavy atom. The maximum Gasteiger partial charge on any atom is 0.406 e. The molecule has 0 aliphatic carbocycles. The highest BCUT2D eigenvalue weighted by molar-refractivity contribution is 5.78. The predicted octanol–water partition coefficient (Wildman–Crippen LogP) is 2.47. The van der Waals surface area contributed by atoms with Gasteiger partial charge in [0, 0.05) is 19.0 Å². The lowest BCUT2D eigenvalue weighted by Crippen LogP contribution is -2.49. The quantitative estimate of drug-likeness (QED) is 0.630. The number of nitro groups is 1. The standard InChI is InChI=1S/C15H21N3O4/c1-10-7-8-13(15(16-10)18(20)21)22-9-14(19)17-11(2)5-4-6-12(17)3/h7-8,11-12H,4-6,9H2,1-3H3/t11-,12-/m0/s1. The Bertz CT molecular complexity index is 566. The number of amides is 1. The molecule has 120 valence electrons. The first-order chi connectivity index (χ1) is 10.4. The first kappa shape index (κ1) is 16.2. The van der Waals surface area contributed by atoms with Gasteiger partial charge in [0.05, 0.1) is 0 Å². The Hall–Kier alpha value is -2.18. The van der Waals surface area contributed by atoms with E-state index in [0.29, 0.717) is 5.69 Å². The number of pyridine rings is 1. The summed E-state index contributed by atoms with van der Waals surface area (Å²) in [6.07, 6.45) is 3.06. The third-order valence-electron chi connectivity index (χ3n) is 3.98. The van der Waals surface area contributed by atoms with Crippen molar-refractivity contribution in [1.82, 2.24) is 9.88 Å². The molecular formula is C15H21N3O4. The summed E-state index contributed by atoms with van der Waals surface area (Å²) in [5, 5.41) is 11.0. The van der Waals surface area contributed by atoms with Crippen LogP contribution in [0.2, 0.25) is 0 Å². The van der Waals surface area contributed by atoms with Gasteiger partial charge < -0.3 is 19.8 Å². The van der Waals surface area contributed by atoms with Gasteiger partial charge in [-0.3, -0.25) is 4.79 Å². The Labute approximate surface area is 129 Å². The second-order valence-electron chi connectivity index (χ2n) is 5.75. The summed E-state index contributed by atoms with van der Waals surface area (Å²) in [5.41, 5.74) is 0.531. The highest BCUT2D eigenvalue weighted by atomic mass is 16.6. The summed E-state index contributed by atoms with van der Waals surface area (Å²) in [6, 6.07) is 3.45. The Morgan fingerprint density at radius 2 is 2.05 bits per heavy atom. The van der Waals surface area contributed by atoms with Gasteiger partial charge in [-0.2, -0.15) is 0 Å². The van der Waals surface area contributed by atoms with Gasteiger partial charge >= 0.3 is 5.82 Å². The van der Waals surface area contributed by atoms with E-state index in [0.717, 1.165) is 19.3 Å². The molecule has 0 radical (unpaired) electrons. The number of carbonyl (C=O) groups excluding carboxylic acids is 1. The van der Waals surface area contributed by atoms with Crippen LogP contribution >= 0.6 is 0 Å². The number of aryl methyl sites for hydroxylation is 1. The van der Waals surface area contributed by atoms with E-state index in [1.807, 2.05) is 18.7 Å². The van der Waals surface area contributed by atoms with Crippen LogP contribution in [-0.4, -0.2) is 39.4 Å². The minimum Gasteiger partial charge on any atom is -0.476 e. The molecule has 2 rings (SSSR count). The normalized spacial score (nSPS) is 21.5. The molecule has 0 N–H and O–H groups in total. The summed E-state index contributed by atoms with van der Waals surface area (Å²) in [6.45, 7) is 5.49. The molecule has 0 saturated carbocycles. The van der Waals surface area contributed by atoms with E-state index in [9.17, 15) is 14.9 Å². The third-order valence-corrected chi connectivity index (χ3v) is 3.98. The van der Waals surface area contributed by atoms with Gasteiger partial charge in [0.1, 0.15) is 5.69 Å². The highest BCUT2D eigenvalue weighted by Crippen LogP contribution is 2.26. The molecule has 1 aliphatic heterocycles. The number of hydrogen-bond donors (Lipinski definition) is 0. The molecule has 0 aromatic carbocycles. The van der Waals surface area contributed by atoms with E-state index in [1.165, 1.54) is 6.07 Å². The minimum atomic E-state index is -0.598. The van der Waals surface area contributed by atoms with Crippen molar-refractivity contribution in [2.24, 2.45) is 0 Å². The zero-order valence-electron chi connectivity index (χ0n) is 13.1. The zero-order chi connectivity index (χ0) is 16.3. The number of likely N-dealkylation sites (tertiary alicyclic amines) is 1. The molecule has 0 bridgehead atoms. The largest absolute Gasteiger partial charge is 0.476 e. The average molecular weight is 307 g/mol. The maximum atomic E-state index is 12.4. The van der Waals surface area contributed by atoms with Crippen LogP contribution in [0.25, 0.3) is 0 Å². The first-order valence-electron chi connectivity index (χ1n) is 7.46. The van der Waals surface area contributed by atoms with Crippen LogP contribution in [0.5, 0.6) is 5.75 Å². The molecule has 0 unspecified atom stereocenters. The fourth-order valence-electron chi connectivity index (χ4n) is 2.90. The first-order valence-corrected chi connectivity index (χ1v) is 7.46. The van der Waals surface area contributed by atoms with Gasteiger partial charge in [-0.05, 0) is 55.1 Å². The lowest BCUT2D eigenvalue weighted by atomic mass is 9.97. The van der Waals surface area contributed by atoms with E-state index in [4.69, 9.17) is 4.74 Å². The molecule has 7 heteroatoms. The molecule has 7 nitrogen and oxygen atoms in total. The fraction of sp³-hybridized carbons (Fsp3) is 0.600. The van der Waals surface area contributed by atoms with Crippen LogP contribution in [0.1, 0.15) is 38.8 Å². The monoisotopic (exact) mass is 307 g/mol. The van der Waals surface area contributed by atoms with Crippen molar-refractivity contribution in [2.45, 2.75) is 52.1 Å². The fourth-order valence-corrected chi connectivity index (χ4v) is 2.90. The van der Waals surface area contributed by atoms with Crippen molar-refractivity contribution in [3.63, 3.8) is 0 Å². The van der Waals surface area contributed by atoms with Crippen LogP contribution in [0.4, 0.5) is 5.82 Å². The third kappa shape index (κ3) is 3.52. The molecule has 1 aromatic rings. The Kier molecular flexibility index (Phi) is 4.95. The molecule has 1 aliphatic rings. The molecule has 1 amide bonds. The summed E-state index contributed by atoms with van der Waals surface area (Å²) in [5.74, 6) is -0.469. The van der Waals surface area contributed by atoms with Crippen LogP contribution < -0.4 is 4.74 Å². The number of piperidine rings is 1. The van der Waals surface area contributed by atoms with Crippen LogP contribution in [0.15, 0.2) is 12.1 Å². The van der Waals surface area contributed by atoms with Gasteiger partial charge in [0.2, 0.25) is 5.75 Å². The smallest absolute Gasteiger partial charge is 0.406 e. The van der Waals surface area contributed by atoms with Crippen LogP contribution in [0, 0.1) is 17.0 Å². The van der Waals surface area contributed by atoms with Crippen molar-refractivity contribution in [1.29, 1.82) is 0 Å². The lowest BCUT2D eigenvalue weighted by Gasteiger charge is -2.38. The minimum absolute atomic E-state index is 0.0289. The zero-order valence-corrected chi connectivity index (χ0v) is 13.1. The van der Waals surface area contributed by atoms with E-state index < -0.39 is 4.92 Å². The van der Waals surface area contributed by atoms with Crippen molar-refractivity contribution >= 4 is 11.7 Å². The van der Waals surface area contributed by atoms with E-state index in [2.05, 4.69) is 4.98 Å². The van der Waals surface area contributed by atoms with Crippen molar-refractivity contribution < 1.29 is 14.5 Å². The van der Waals surface area contributed by atoms with Crippen molar-refractivity contribution in [2.75, 3.05) is 6.61 Å². The highest BCUT2D eigenvalue weighted by Gasteiger charge is 2.29. The van der Waals surface area contributed by atoms with Gasteiger partial charge in [-0.15, -0.1) is 0 Å². The second kappa shape index (κ2) is 6.72. The second-order valence-corrected chi connectivity index (χ2v) is 5.75. The van der Waals surface area contributed by atoms with Crippen LogP contribution in [-0.2, 0) is 4.79 Å².